The molecule has 1 saturated heterocycles. The second-order valence-electron chi connectivity index (χ2n) is 8.95. The summed E-state index contributed by atoms with van der Waals surface area (Å²) in [5, 5.41) is 60.7. The summed E-state index contributed by atoms with van der Waals surface area (Å²) in [6.07, 6.45) is -5.56. The van der Waals surface area contributed by atoms with Gasteiger partial charge in [0.05, 0.1) is 33.5 Å². The number of aliphatic hydroxyl groups is 4. The van der Waals surface area contributed by atoms with Crippen LogP contribution >= 0.6 is 0 Å². The summed E-state index contributed by atoms with van der Waals surface area (Å²) in [7, 11) is 2.80. The molecule has 1 fully saturated rings. The number of carbonyl (C=O) groups is 1. The van der Waals surface area contributed by atoms with E-state index in [1.165, 1.54) is 26.4 Å². The van der Waals surface area contributed by atoms with Crippen LogP contribution in [0.2, 0.25) is 0 Å². The Kier molecular flexibility index (Phi) is 8.02. The Balaban J connectivity index is 1.75. The minimum atomic E-state index is -1.57. The molecule has 6 N–H and O–H groups in total. The molecule has 7 atom stereocenters. The third-order valence-corrected chi connectivity index (χ3v) is 6.80. The topological polar surface area (TPSA) is 175 Å². The zero-order valence-electron chi connectivity index (χ0n) is 20.2. The van der Waals surface area contributed by atoms with E-state index in [-0.39, 0.29) is 35.2 Å². The van der Waals surface area contributed by atoms with Gasteiger partial charge in [-0.25, -0.2) is 0 Å². The normalized spacial score (nSPS) is 29.2. The highest BCUT2D eigenvalue weighted by Crippen LogP contribution is 2.45. The van der Waals surface area contributed by atoms with Gasteiger partial charge in [-0.2, -0.15) is 0 Å². The van der Waals surface area contributed by atoms with E-state index in [1.54, 1.807) is 24.3 Å². The first-order valence-electron chi connectivity index (χ1n) is 11.6. The van der Waals surface area contributed by atoms with Crippen LogP contribution in [0.15, 0.2) is 35.9 Å². The lowest BCUT2D eigenvalue weighted by atomic mass is 9.76. The Morgan fingerprint density at radius 2 is 1.59 bits per heavy atom. The fraction of sp³-hybridized carbons (Fsp3) is 0.423. The molecule has 37 heavy (non-hydrogen) atoms. The summed E-state index contributed by atoms with van der Waals surface area (Å²) in [6, 6.07) is 7.74. The van der Waals surface area contributed by atoms with E-state index in [1.807, 2.05) is 0 Å². The van der Waals surface area contributed by atoms with Crippen molar-refractivity contribution in [2.75, 3.05) is 27.4 Å². The Hall–Kier alpha value is -3.19. The molecule has 1 aliphatic heterocycles. The van der Waals surface area contributed by atoms with Crippen LogP contribution in [0.4, 0.5) is 0 Å². The summed E-state index contributed by atoms with van der Waals surface area (Å²) in [5.41, 5.74) is 2.02. The number of phenols is 2. The number of methoxy groups -OCH3 is 2. The summed E-state index contributed by atoms with van der Waals surface area (Å²) in [6.45, 7) is -0.894. The van der Waals surface area contributed by atoms with Crippen LogP contribution in [0.3, 0.4) is 0 Å². The molecule has 0 bridgehead atoms. The number of hydrogen-bond donors (Lipinski definition) is 6. The van der Waals surface area contributed by atoms with Gasteiger partial charge < -0.3 is 49.6 Å². The third kappa shape index (κ3) is 5.01. The smallest absolute Gasteiger partial charge is 0.161 e. The van der Waals surface area contributed by atoms with Crippen LogP contribution in [0.25, 0.3) is 6.08 Å². The van der Waals surface area contributed by atoms with Gasteiger partial charge in [-0.05, 0) is 47.0 Å². The van der Waals surface area contributed by atoms with Gasteiger partial charge in [0.1, 0.15) is 36.8 Å². The Labute approximate surface area is 212 Å². The maximum absolute atomic E-state index is 12.2. The van der Waals surface area contributed by atoms with Crippen molar-refractivity contribution in [3.63, 3.8) is 0 Å². The molecule has 200 valence electrons. The van der Waals surface area contributed by atoms with Gasteiger partial charge in [0, 0.05) is 11.5 Å². The van der Waals surface area contributed by atoms with Crippen molar-refractivity contribution in [3.05, 3.63) is 52.6 Å². The standard InChI is InChI=1S/C26H30O11/c1-34-18-6-12(3-4-16(18)29)22-15-8-17(30)19(35-2)7-13(15)5-14(9-27)26(22)36-11-21-24(32)25(33)23(31)20(10-28)37-21/h3-9,20-26,28-33H,10-11H2,1-2H3/t20-,21?,22+,23-,24+,25+,26+/m1/s1. The fourth-order valence-corrected chi connectivity index (χ4v) is 4.83. The molecular formula is C26H30O11. The molecule has 0 radical (unpaired) electrons. The predicted octanol–water partition coefficient (Wildman–Crippen LogP) is 0.0704. The number of fused-ring (bicyclic) bond motifs is 1. The van der Waals surface area contributed by atoms with Gasteiger partial charge in [-0.1, -0.05) is 6.07 Å². The highest BCUT2D eigenvalue weighted by molar-refractivity contribution is 5.87. The van der Waals surface area contributed by atoms with Crippen LogP contribution in [0.5, 0.6) is 23.0 Å². The summed E-state index contributed by atoms with van der Waals surface area (Å²) in [4.78, 5) is 12.2. The minimum absolute atomic E-state index is 0.0928. The number of benzene rings is 2. The quantitative estimate of drug-likeness (QED) is 0.261. The molecule has 4 rings (SSSR count). The molecule has 0 aromatic heterocycles. The molecule has 11 heteroatoms. The fourth-order valence-electron chi connectivity index (χ4n) is 4.83. The van der Waals surface area contributed by atoms with E-state index in [0.717, 1.165) is 0 Å². The van der Waals surface area contributed by atoms with Gasteiger partial charge >= 0.3 is 0 Å². The monoisotopic (exact) mass is 518 g/mol. The van der Waals surface area contributed by atoms with E-state index in [2.05, 4.69) is 0 Å². The van der Waals surface area contributed by atoms with Crippen molar-refractivity contribution in [3.8, 4) is 23.0 Å². The molecule has 0 amide bonds. The van der Waals surface area contributed by atoms with E-state index in [0.29, 0.717) is 23.0 Å². The van der Waals surface area contributed by atoms with Gasteiger partial charge in [0.2, 0.25) is 0 Å². The van der Waals surface area contributed by atoms with E-state index < -0.39 is 49.1 Å². The number of aliphatic hydroxyl groups excluding tert-OH is 4. The van der Waals surface area contributed by atoms with Crippen LogP contribution in [0.1, 0.15) is 22.6 Å². The molecule has 11 nitrogen and oxygen atoms in total. The van der Waals surface area contributed by atoms with Crippen LogP contribution in [-0.4, -0.2) is 101 Å². The van der Waals surface area contributed by atoms with Gasteiger partial charge in [-0.15, -0.1) is 0 Å². The van der Waals surface area contributed by atoms with Gasteiger partial charge in [-0.3, -0.25) is 4.79 Å². The SMILES string of the molecule is COc1cc([C@H]2c3cc(O)c(OC)cc3C=C(C=O)[C@@H]2OCC2O[C@H](CO)[C@@H](O)[C@H](O)[C@H]2O)ccc1O. The van der Waals surface area contributed by atoms with Crippen molar-refractivity contribution >= 4 is 12.4 Å². The summed E-state index contributed by atoms with van der Waals surface area (Å²) < 4.78 is 22.1. The second-order valence-corrected chi connectivity index (χ2v) is 8.95. The molecule has 2 aromatic rings. The molecule has 1 aliphatic carbocycles. The molecule has 2 aliphatic rings. The number of aldehydes is 1. The number of hydrogen-bond acceptors (Lipinski definition) is 11. The van der Waals surface area contributed by atoms with Crippen molar-refractivity contribution in [1.82, 2.24) is 0 Å². The number of rotatable bonds is 8. The highest BCUT2D eigenvalue weighted by atomic mass is 16.6. The zero-order chi connectivity index (χ0) is 26.9. The first-order valence-corrected chi connectivity index (χ1v) is 11.6. The van der Waals surface area contributed by atoms with Crippen LogP contribution in [-0.2, 0) is 14.3 Å². The Morgan fingerprint density at radius 1 is 0.919 bits per heavy atom. The number of carbonyl (C=O) groups excluding carboxylic acids is 1. The van der Waals surface area contributed by atoms with Crippen molar-refractivity contribution in [2.45, 2.75) is 42.5 Å². The third-order valence-electron chi connectivity index (χ3n) is 6.80. The summed E-state index contributed by atoms with van der Waals surface area (Å²) >= 11 is 0. The van der Waals surface area contributed by atoms with E-state index in [9.17, 15) is 35.4 Å². The maximum atomic E-state index is 12.2. The molecular weight excluding hydrogens is 488 g/mol. The lowest BCUT2D eigenvalue weighted by Crippen LogP contribution is -2.59. The maximum Gasteiger partial charge on any atom is 0.161 e. The first-order chi connectivity index (χ1) is 17.7. The molecule has 0 saturated carbocycles. The molecule has 1 heterocycles. The average Bonchev–Trinajstić information content (AvgIpc) is 2.90. The number of ether oxygens (including phenoxy) is 4. The Bertz CT molecular complexity index is 1160. The molecule has 1 unspecified atom stereocenters. The van der Waals surface area contributed by atoms with E-state index >= 15 is 0 Å². The number of phenolic OH excluding ortho intramolecular Hbond substituents is 2. The van der Waals surface area contributed by atoms with Crippen molar-refractivity contribution < 1.29 is 54.4 Å². The molecule has 2 aromatic carbocycles. The lowest BCUT2D eigenvalue weighted by Gasteiger charge is -2.41. The van der Waals surface area contributed by atoms with Crippen LogP contribution in [0, 0.1) is 0 Å². The highest BCUT2D eigenvalue weighted by Gasteiger charge is 2.44. The van der Waals surface area contributed by atoms with Gasteiger partial charge in [0.15, 0.2) is 23.0 Å². The minimum Gasteiger partial charge on any atom is -0.504 e. The van der Waals surface area contributed by atoms with Gasteiger partial charge in [0.25, 0.3) is 0 Å². The largest absolute Gasteiger partial charge is 0.504 e. The number of aromatic hydroxyl groups is 2. The Morgan fingerprint density at radius 3 is 2.24 bits per heavy atom. The summed E-state index contributed by atoms with van der Waals surface area (Å²) in [5.74, 6) is -0.511. The first kappa shape index (κ1) is 26.9. The average molecular weight is 519 g/mol. The van der Waals surface area contributed by atoms with Crippen molar-refractivity contribution in [2.24, 2.45) is 0 Å². The van der Waals surface area contributed by atoms with Crippen LogP contribution < -0.4 is 9.47 Å². The lowest BCUT2D eigenvalue weighted by molar-refractivity contribution is -0.241. The molecule has 0 spiro atoms. The van der Waals surface area contributed by atoms with Crippen molar-refractivity contribution in [1.29, 1.82) is 0 Å². The zero-order valence-corrected chi connectivity index (χ0v) is 20.2. The second kappa shape index (κ2) is 11.1. The van der Waals surface area contributed by atoms with E-state index in [4.69, 9.17) is 18.9 Å². The predicted molar refractivity (Wildman–Crippen MR) is 129 cm³/mol.